The third-order valence-electron chi connectivity index (χ3n) is 5.57. The Hall–Kier alpha value is -3.52. The highest BCUT2D eigenvalue weighted by molar-refractivity contribution is 5.99. The molecule has 8 heteroatoms. The van der Waals surface area contributed by atoms with E-state index in [-0.39, 0.29) is 6.47 Å². The third kappa shape index (κ3) is 3.82. The van der Waals surface area contributed by atoms with Crippen LogP contribution in [0.3, 0.4) is 0 Å². The normalized spacial score (nSPS) is 13.7. The van der Waals surface area contributed by atoms with Gasteiger partial charge in [0.05, 0.1) is 19.9 Å². The van der Waals surface area contributed by atoms with Crippen molar-refractivity contribution >= 4 is 23.1 Å². The summed E-state index contributed by atoms with van der Waals surface area (Å²) in [5.74, 6) is 2.32. The SMILES string of the molecule is COc1cc(OC)c2nc(C)c3c(c2c1)N(Cc1ccc2c(c1)COO2)CC3.O=CO. The summed E-state index contributed by atoms with van der Waals surface area (Å²) in [4.78, 5) is 25.8. The van der Waals surface area contributed by atoms with E-state index in [2.05, 4.69) is 30.0 Å². The first-order chi connectivity index (χ1) is 15.1. The molecule has 0 bridgehead atoms. The Morgan fingerprint density at radius 3 is 2.77 bits per heavy atom. The molecule has 0 saturated heterocycles. The number of hydrogen-bond acceptors (Lipinski definition) is 7. The maximum absolute atomic E-state index is 8.36. The summed E-state index contributed by atoms with van der Waals surface area (Å²) in [6, 6.07) is 10.2. The molecule has 0 fully saturated rings. The second kappa shape index (κ2) is 8.69. The van der Waals surface area contributed by atoms with Crippen LogP contribution in [-0.2, 0) is 29.3 Å². The quantitative estimate of drug-likeness (QED) is 0.501. The van der Waals surface area contributed by atoms with Crippen LogP contribution in [0.15, 0.2) is 30.3 Å². The number of fused-ring (bicyclic) bond motifs is 4. The summed E-state index contributed by atoms with van der Waals surface area (Å²) in [6.45, 7) is 4.11. The molecule has 0 unspecified atom stereocenters. The smallest absolute Gasteiger partial charge is 0.290 e. The molecule has 2 aliphatic heterocycles. The lowest BCUT2D eigenvalue weighted by molar-refractivity contribution is -0.194. The first-order valence-corrected chi connectivity index (χ1v) is 9.88. The number of aryl methyl sites for hydroxylation is 1. The van der Waals surface area contributed by atoms with E-state index >= 15 is 0 Å². The number of ether oxygens (including phenoxy) is 2. The summed E-state index contributed by atoms with van der Waals surface area (Å²) >= 11 is 0. The summed E-state index contributed by atoms with van der Waals surface area (Å²) in [5, 5.41) is 7.96. The first-order valence-electron chi connectivity index (χ1n) is 9.88. The van der Waals surface area contributed by atoms with Crippen LogP contribution in [0, 0.1) is 6.92 Å². The standard InChI is InChI=1S/C22H22N2O4.CH2O2/c1-13-17-6-7-24(11-14-4-5-19-15(8-14)12-27-28-19)22(17)18-9-16(25-2)10-20(26-3)21(18)23-13;2-1-3/h4-5,8-10H,6-7,11-12H2,1-3H3;1H,(H,2,3). The number of rotatable bonds is 4. The van der Waals surface area contributed by atoms with Gasteiger partial charge in [0.1, 0.15) is 23.6 Å². The molecule has 8 nitrogen and oxygen atoms in total. The Morgan fingerprint density at radius 2 is 2.03 bits per heavy atom. The molecule has 162 valence electrons. The minimum absolute atomic E-state index is 0.250. The van der Waals surface area contributed by atoms with Crippen LogP contribution in [0.1, 0.15) is 22.4 Å². The number of benzene rings is 2. The van der Waals surface area contributed by atoms with Gasteiger partial charge in [-0.05, 0) is 42.7 Å². The number of aromatic nitrogens is 1. The fraction of sp³-hybridized carbons (Fsp3) is 0.304. The van der Waals surface area contributed by atoms with Gasteiger partial charge in [-0.1, -0.05) is 6.07 Å². The van der Waals surface area contributed by atoms with Crippen molar-refractivity contribution in [1.29, 1.82) is 0 Å². The van der Waals surface area contributed by atoms with E-state index in [9.17, 15) is 0 Å². The van der Waals surface area contributed by atoms with E-state index < -0.39 is 0 Å². The van der Waals surface area contributed by atoms with Crippen molar-refractivity contribution in [2.24, 2.45) is 0 Å². The molecule has 1 aromatic heterocycles. The Labute approximate surface area is 179 Å². The molecule has 2 aliphatic rings. The van der Waals surface area contributed by atoms with Crippen LogP contribution in [-0.4, -0.2) is 37.3 Å². The fourth-order valence-corrected chi connectivity index (χ4v) is 4.20. The van der Waals surface area contributed by atoms with Gasteiger partial charge in [-0.25, -0.2) is 4.98 Å². The van der Waals surface area contributed by atoms with Gasteiger partial charge in [-0.15, -0.1) is 0 Å². The maximum Gasteiger partial charge on any atom is 0.290 e. The average molecular weight is 424 g/mol. The molecule has 5 rings (SSSR count). The summed E-state index contributed by atoms with van der Waals surface area (Å²) < 4.78 is 11.1. The predicted octanol–water partition coefficient (Wildman–Crippen LogP) is 3.65. The predicted molar refractivity (Wildman–Crippen MR) is 115 cm³/mol. The Kier molecular flexibility index (Phi) is 5.81. The van der Waals surface area contributed by atoms with Gasteiger partial charge in [-0.3, -0.25) is 4.79 Å². The second-order valence-electron chi connectivity index (χ2n) is 7.31. The van der Waals surface area contributed by atoms with Gasteiger partial charge in [0.2, 0.25) is 0 Å². The van der Waals surface area contributed by atoms with E-state index in [0.717, 1.165) is 58.9 Å². The average Bonchev–Trinajstić information content (AvgIpc) is 3.41. The van der Waals surface area contributed by atoms with E-state index in [4.69, 9.17) is 34.1 Å². The lowest BCUT2D eigenvalue weighted by Crippen LogP contribution is -2.20. The molecule has 0 saturated carbocycles. The highest BCUT2D eigenvalue weighted by Gasteiger charge is 2.27. The molecule has 0 atom stereocenters. The summed E-state index contributed by atoms with van der Waals surface area (Å²) in [6.07, 6.45) is 0.987. The molecule has 1 N–H and O–H groups in total. The minimum atomic E-state index is -0.250. The van der Waals surface area contributed by atoms with Gasteiger partial charge in [0.25, 0.3) is 6.47 Å². The lowest BCUT2D eigenvalue weighted by atomic mass is 10.0. The second-order valence-corrected chi connectivity index (χ2v) is 7.31. The number of carboxylic acid groups (broad SMARTS) is 1. The number of hydrogen-bond donors (Lipinski definition) is 1. The Balaban J connectivity index is 0.000000730. The third-order valence-corrected chi connectivity index (χ3v) is 5.57. The van der Waals surface area contributed by atoms with Crippen LogP contribution in [0.4, 0.5) is 5.69 Å². The Morgan fingerprint density at radius 1 is 1.23 bits per heavy atom. The monoisotopic (exact) mass is 424 g/mol. The molecule has 0 aliphatic carbocycles. The molecule has 2 aromatic carbocycles. The molecular formula is C23H24N2O6. The summed E-state index contributed by atoms with van der Waals surface area (Å²) in [7, 11) is 3.35. The van der Waals surface area contributed by atoms with E-state index in [1.54, 1.807) is 14.2 Å². The number of pyridine rings is 1. The zero-order valence-electron chi connectivity index (χ0n) is 17.7. The Bertz CT molecular complexity index is 1130. The highest BCUT2D eigenvalue weighted by Crippen LogP contribution is 2.42. The highest BCUT2D eigenvalue weighted by atomic mass is 17.2. The van der Waals surface area contributed by atoms with Crippen LogP contribution in [0.5, 0.6) is 17.2 Å². The maximum atomic E-state index is 8.36. The van der Waals surface area contributed by atoms with Gasteiger partial charge in [-0.2, -0.15) is 4.89 Å². The first kappa shape index (κ1) is 20.7. The fourth-order valence-electron chi connectivity index (χ4n) is 4.20. The number of anilines is 1. The van der Waals surface area contributed by atoms with Gasteiger partial charge >= 0.3 is 0 Å². The minimum Gasteiger partial charge on any atom is -0.497 e. The van der Waals surface area contributed by atoms with Gasteiger partial charge in [0.15, 0.2) is 5.75 Å². The largest absolute Gasteiger partial charge is 0.497 e. The van der Waals surface area contributed by atoms with Crippen molar-refractivity contribution < 1.29 is 29.1 Å². The van der Waals surface area contributed by atoms with E-state index in [1.807, 2.05) is 12.1 Å². The van der Waals surface area contributed by atoms with Crippen LogP contribution in [0.2, 0.25) is 0 Å². The van der Waals surface area contributed by atoms with E-state index in [0.29, 0.717) is 6.61 Å². The van der Waals surface area contributed by atoms with Crippen LogP contribution < -0.4 is 19.3 Å². The number of methoxy groups -OCH3 is 2. The molecule has 3 aromatic rings. The van der Waals surface area contributed by atoms with Crippen molar-refractivity contribution in [3.8, 4) is 17.2 Å². The molecular weight excluding hydrogens is 400 g/mol. The molecule has 31 heavy (non-hydrogen) atoms. The molecule has 3 heterocycles. The molecule has 0 radical (unpaired) electrons. The van der Waals surface area contributed by atoms with Crippen molar-refractivity contribution in [2.45, 2.75) is 26.5 Å². The van der Waals surface area contributed by atoms with E-state index in [1.165, 1.54) is 16.8 Å². The van der Waals surface area contributed by atoms with Crippen molar-refractivity contribution in [1.82, 2.24) is 4.98 Å². The van der Waals surface area contributed by atoms with Gasteiger partial charge < -0.3 is 24.4 Å². The number of nitrogens with zero attached hydrogens (tertiary/aromatic N) is 2. The topological polar surface area (TPSA) is 90.4 Å². The van der Waals surface area contributed by atoms with Gasteiger partial charge in [0, 0.05) is 35.8 Å². The zero-order valence-corrected chi connectivity index (χ0v) is 17.7. The summed E-state index contributed by atoms with van der Waals surface area (Å²) in [5.41, 5.74) is 6.80. The van der Waals surface area contributed by atoms with Crippen molar-refractivity contribution in [3.63, 3.8) is 0 Å². The van der Waals surface area contributed by atoms with Crippen molar-refractivity contribution in [3.05, 3.63) is 52.7 Å². The number of carbonyl (C=O) groups is 1. The van der Waals surface area contributed by atoms with Crippen molar-refractivity contribution in [2.75, 3.05) is 25.7 Å². The molecule has 0 amide bonds. The van der Waals surface area contributed by atoms with Crippen LogP contribution in [0.25, 0.3) is 10.9 Å². The zero-order chi connectivity index (χ0) is 22.0. The molecule has 0 spiro atoms. The lowest BCUT2D eigenvalue weighted by Gasteiger charge is -2.22. The van der Waals surface area contributed by atoms with Crippen LogP contribution >= 0.6 is 0 Å².